The largest absolute Gasteiger partial charge is 0.496 e. The van der Waals surface area contributed by atoms with Crippen molar-refractivity contribution in [3.05, 3.63) is 59.6 Å². The predicted molar refractivity (Wildman–Crippen MR) is 110 cm³/mol. The molecule has 10 heteroatoms. The number of rotatable bonds is 5. The van der Waals surface area contributed by atoms with E-state index in [0.717, 1.165) is 0 Å². The van der Waals surface area contributed by atoms with Crippen LogP contribution in [0.25, 0.3) is 16.9 Å². The Kier molecular flexibility index (Phi) is 4.61. The van der Waals surface area contributed by atoms with Crippen molar-refractivity contribution in [2.45, 2.75) is 6.04 Å². The van der Waals surface area contributed by atoms with E-state index < -0.39 is 0 Å². The number of hydrogen-bond donors (Lipinski definition) is 1. The highest BCUT2D eigenvalue weighted by molar-refractivity contribution is 6.31. The van der Waals surface area contributed by atoms with E-state index in [2.05, 4.69) is 15.4 Å². The smallest absolute Gasteiger partial charge is 0.261 e. The Balaban J connectivity index is 1.56. The molecule has 3 aromatic heterocycles. The molecule has 1 amide bonds. The molecular formula is C20H17ClN6O3. The monoisotopic (exact) mass is 424 g/mol. The molecule has 4 aromatic rings. The summed E-state index contributed by atoms with van der Waals surface area (Å²) >= 11 is 6.22. The van der Waals surface area contributed by atoms with E-state index in [1.807, 2.05) is 0 Å². The van der Waals surface area contributed by atoms with Crippen LogP contribution in [-0.4, -0.2) is 50.6 Å². The minimum absolute atomic E-state index is 0.109. The van der Waals surface area contributed by atoms with Crippen LogP contribution in [0, 0.1) is 0 Å². The van der Waals surface area contributed by atoms with Gasteiger partial charge in [0.15, 0.2) is 5.65 Å². The minimum atomic E-state index is -0.338. The summed E-state index contributed by atoms with van der Waals surface area (Å²) in [6, 6.07) is 7.12. The standard InChI is InChI=1S/C20H17ClN6O3/c1-29-17-4-3-12(21)7-14(17)18-16(9-27(25-18)13-10-30-11-13)24-20(28)15-8-23-26-6-2-5-22-19(15)26/h2-9,13H,10-11H2,1H3,(H,24,28). The zero-order valence-corrected chi connectivity index (χ0v) is 16.7. The highest BCUT2D eigenvalue weighted by atomic mass is 35.5. The van der Waals surface area contributed by atoms with E-state index in [4.69, 9.17) is 26.2 Å². The van der Waals surface area contributed by atoms with Crippen LogP contribution < -0.4 is 10.1 Å². The number of methoxy groups -OCH3 is 1. The van der Waals surface area contributed by atoms with Crippen molar-refractivity contribution in [2.24, 2.45) is 0 Å². The van der Waals surface area contributed by atoms with Crippen molar-refractivity contribution in [1.29, 1.82) is 0 Å². The Bertz CT molecular complexity index is 1250. The lowest BCUT2D eigenvalue weighted by Gasteiger charge is -2.25. The van der Waals surface area contributed by atoms with Gasteiger partial charge in [-0.15, -0.1) is 0 Å². The van der Waals surface area contributed by atoms with Gasteiger partial charge < -0.3 is 14.8 Å². The third-order valence-corrected chi connectivity index (χ3v) is 5.15. The van der Waals surface area contributed by atoms with Crippen molar-refractivity contribution in [3.63, 3.8) is 0 Å². The van der Waals surface area contributed by atoms with Gasteiger partial charge in [0.25, 0.3) is 5.91 Å². The maximum atomic E-state index is 13.0. The molecule has 4 heterocycles. The first-order chi connectivity index (χ1) is 14.6. The molecule has 0 aliphatic carbocycles. The lowest BCUT2D eigenvalue weighted by molar-refractivity contribution is -0.0285. The molecule has 1 aliphatic rings. The fourth-order valence-electron chi connectivity index (χ4n) is 3.29. The number of ether oxygens (including phenoxy) is 2. The predicted octanol–water partition coefficient (Wildman–Crippen LogP) is 3.08. The molecule has 5 rings (SSSR count). The number of benzene rings is 1. The van der Waals surface area contributed by atoms with Crippen molar-refractivity contribution in [3.8, 4) is 17.0 Å². The van der Waals surface area contributed by atoms with E-state index in [0.29, 0.717) is 52.1 Å². The third kappa shape index (κ3) is 3.17. The quantitative estimate of drug-likeness (QED) is 0.529. The van der Waals surface area contributed by atoms with Gasteiger partial charge in [0.2, 0.25) is 0 Å². The first-order valence-corrected chi connectivity index (χ1v) is 9.62. The summed E-state index contributed by atoms with van der Waals surface area (Å²) in [6.45, 7) is 1.14. The summed E-state index contributed by atoms with van der Waals surface area (Å²) < 4.78 is 14.1. The summed E-state index contributed by atoms with van der Waals surface area (Å²) in [4.78, 5) is 17.3. The highest BCUT2D eigenvalue weighted by Gasteiger charge is 2.26. The first-order valence-electron chi connectivity index (χ1n) is 9.24. The number of hydrogen-bond acceptors (Lipinski definition) is 6. The van der Waals surface area contributed by atoms with E-state index in [9.17, 15) is 4.79 Å². The molecule has 1 aliphatic heterocycles. The second-order valence-electron chi connectivity index (χ2n) is 6.81. The van der Waals surface area contributed by atoms with Crippen LogP contribution in [-0.2, 0) is 4.74 Å². The minimum Gasteiger partial charge on any atom is -0.496 e. The summed E-state index contributed by atoms with van der Waals surface area (Å²) in [5.74, 6) is 0.262. The number of amides is 1. The van der Waals surface area contributed by atoms with Gasteiger partial charge in [0.05, 0.1) is 38.2 Å². The molecule has 1 aromatic carbocycles. The van der Waals surface area contributed by atoms with Gasteiger partial charge in [0, 0.05) is 29.2 Å². The van der Waals surface area contributed by atoms with Crippen LogP contribution in [0.1, 0.15) is 16.4 Å². The van der Waals surface area contributed by atoms with Gasteiger partial charge >= 0.3 is 0 Å². The van der Waals surface area contributed by atoms with Gasteiger partial charge in [-0.1, -0.05) is 11.6 Å². The fraction of sp³-hybridized carbons (Fsp3) is 0.200. The number of carbonyl (C=O) groups is 1. The van der Waals surface area contributed by atoms with E-state index in [1.54, 1.807) is 59.2 Å². The molecule has 9 nitrogen and oxygen atoms in total. The Morgan fingerprint density at radius 1 is 1.37 bits per heavy atom. The molecular weight excluding hydrogens is 408 g/mol. The average Bonchev–Trinajstić information content (AvgIpc) is 3.31. The molecule has 1 saturated heterocycles. The van der Waals surface area contributed by atoms with Crippen LogP contribution in [0.4, 0.5) is 5.69 Å². The van der Waals surface area contributed by atoms with Crippen LogP contribution >= 0.6 is 11.6 Å². The van der Waals surface area contributed by atoms with Crippen LogP contribution in [0.2, 0.25) is 5.02 Å². The zero-order chi connectivity index (χ0) is 20.7. The summed E-state index contributed by atoms with van der Waals surface area (Å²) in [5.41, 5.74) is 2.59. The normalized spacial score (nSPS) is 13.9. The van der Waals surface area contributed by atoms with Crippen LogP contribution in [0.15, 0.2) is 49.1 Å². The van der Waals surface area contributed by atoms with Crippen LogP contribution in [0.5, 0.6) is 5.75 Å². The lowest BCUT2D eigenvalue weighted by atomic mass is 10.1. The zero-order valence-electron chi connectivity index (χ0n) is 15.9. The second kappa shape index (κ2) is 7.43. The average molecular weight is 425 g/mol. The number of fused-ring (bicyclic) bond motifs is 1. The lowest BCUT2D eigenvalue weighted by Crippen LogP contribution is -2.30. The molecule has 1 N–H and O–H groups in total. The maximum Gasteiger partial charge on any atom is 0.261 e. The number of anilines is 1. The molecule has 0 atom stereocenters. The number of carbonyl (C=O) groups excluding carboxylic acids is 1. The molecule has 0 radical (unpaired) electrons. The SMILES string of the molecule is COc1ccc(Cl)cc1-c1nn(C2COC2)cc1NC(=O)c1cnn2cccnc12. The molecule has 0 unspecified atom stereocenters. The summed E-state index contributed by atoms with van der Waals surface area (Å²) in [6.07, 6.45) is 6.63. The van der Waals surface area contributed by atoms with Crippen molar-refractivity contribution < 1.29 is 14.3 Å². The molecule has 0 bridgehead atoms. The fourth-order valence-corrected chi connectivity index (χ4v) is 3.46. The topological polar surface area (TPSA) is 95.6 Å². The van der Waals surface area contributed by atoms with Crippen LogP contribution in [0.3, 0.4) is 0 Å². The van der Waals surface area contributed by atoms with Crippen molar-refractivity contribution in [1.82, 2.24) is 24.4 Å². The number of nitrogens with one attached hydrogen (secondary N) is 1. The van der Waals surface area contributed by atoms with Gasteiger partial charge in [-0.2, -0.15) is 10.2 Å². The Labute approximate surface area is 176 Å². The van der Waals surface area contributed by atoms with Gasteiger partial charge in [-0.3, -0.25) is 9.48 Å². The first kappa shape index (κ1) is 18.6. The maximum absolute atomic E-state index is 13.0. The molecule has 0 spiro atoms. The Morgan fingerprint density at radius 3 is 3.00 bits per heavy atom. The Hall–Kier alpha value is -3.43. The van der Waals surface area contributed by atoms with E-state index in [-0.39, 0.29) is 11.9 Å². The number of nitrogens with zero attached hydrogens (tertiary/aromatic N) is 5. The van der Waals surface area contributed by atoms with Crippen molar-refractivity contribution >= 4 is 28.8 Å². The molecule has 1 fully saturated rings. The molecule has 152 valence electrons. The van der Waals surface area contributed by atoms with E-state index >= 15 is 0 Å². The highest BCUT2D eigenvalue weighted by Crippen LogP contribution is 2.37. The Morgan fingerprint density at radius 2 is 2.23 bits per heavy atom. The molecule has 30 heavy (non-hydrogen) atoms. The second-order valence-corrected chi connectivity index (χ2v) is 7.24. The van der Waals surface area contributed by atoms with Gasteiger partial charge in [0.1, 0.15) is 17.0 Å². The van der Waals surface area contributed by atoms with Gasteiger partial charge in [-0.25, -0.2) is 9.50 Å². The van der Waals surface area contributed by atoms with E-state index in [1.165, 1.54) is 6.20 Å². The summed E-state index contributed by atoms with van der Waals surface area (Å²) in [5, 5.41) is 12.4. The van der Waals surface area contributed by atoms with Gasteiger partial charge in [-0.05, 0) is 24.3 Å². The van der Waals surface area contributed by atoms with Crippen molar-refractivity contribution in [2.75, 3.05) is 25.6 Å². The number of aromatic nitrogens is 5. The summed E-state index contributed by atoms with van der Waals surface area (Å²) in [7, 11) is 1.58. The number of halogens is 1. The molecule has 0 saturated carbocycles. The third-order valence-electron chi connectivity index (χ3n) is 4.92.